The molecular formula is C19H24O2. The van der Waals surface area contributed by atoms with E-state index < -0.39 is 0 Å². The summed E-state index contributed by atoms with van der Waals surface area (Å²) in [7, 11) is 0. The van der Waals surface area contributed by atoms with Crippen LogP contribution in [0.2, 0.25) is 0 Å². The van der Waals surface area contributed by atoms with Crippen molar-refractivity contribution in [2.24, 2.45) is 17.3 Å². The van der Waals surface area contributed by atoms with E-state index in [1.807, 2.05) is 12.1 Å². The van der Waals surface area contributed by atoms with E-state index in [9.17, 15) is 9.90 Å². The van der Waals surface area contributed by atoms with Gasteiger partial charge in [-0.25, -0.2) is 0 Å². The second kappa shape index (κ2) is 4.59. The summed E-state index contributed by atoms with van der Waals surface area (Å²) in [4.78, 5) is 12.3. The maximum absolute atomic E-state index is 12.3. The number of Topliss-reactive ketones (excluding diaryl/α,β-unsaturated/α-hetero) is 1. The van der Waals surface area contributed by atoms with Crippen molar-refractivity contribution < 1.29 is 9.90 Å². The van der Waals surface area contributed by atoms with E-state index in [0.29, 0.717) is 29.3 Å². The fourth-order valence-electron chi connectivity index (χ4n) is 5.55. The average Bonchev–Trinajstić information content (AvgIpc) is 2.66. The van der Waals surface area contributed by atoms with Gasteiger partial charge in [-0.2, -0.15) is 0 Å². The molecule has 0 spiro atoms. The van der Waals surface area contributed by atoms with E-state index in [2.05, 4.69) is 13.0 Å². The van der Waals surface area contributed by atoms with E-state index in [4.69, 9.17) is 0 Å². The van der Waals surface area contributed by atoms with Crippen molar-refractivity contribution in [2.75, 3.05) is 0 Å². The van der Waals surface area contributed by atoms with Gasteiger partial charge in [-0.1, -0.05) is 13.0 Å². The predicted octanol–water partition coefficient (Wildman–Crippen LogP) is 4.21. The molecule has 1 N–H and O–H groups in total. The molecule has 1 aromatic carbocycles. The highest BCUT2D eigenvalue weighted by Gasteiger charge is 2.53. The number of hydrogen-bond donors (Lipinski definition) is 1. The van der Waals surface area contributed by atoms with Gasteiger partial charge >= 0.3 is 0 Å². The highest BCUT2D eigenvalue weighted by molar-refractivity contribution is 5.87. The molecular weight excluding hydrogens is 260 g/mol. The topological polar surface area (TPSA) is 37.3 Å². The smallest absolute Gasteiger partial charge is 0.139 e. The Labute approximate surface area is 126 Å². The van der Waals surface area contributed by atoms with Crippen LogP contribution in [0.25, 0.3) is 0 Å². The van der Waals surface area contributed by atoms with Crippen LogP contribution in [-0.2, 0) is 11.2 Å². The monoisotopic (exact) mass is 284 g/mol. The van der Waals surface area contributed by atoms with Gasteiger partial charge in [0.15, 0.2) is 0 Å². The molecule has 112 valence electrons. The Kier molecular flexibility index (Phi) is 2.92. The number of phenols is 1. The van der Waals surface area contributed by atoms with Crippen LogP contribution in [0.4, 0.5) is 0 Å². The van der Waals surface area contributed by atoms with Crippen molar-refractivity contribution in [3.8, 4) is 5.75 Å². The molecule has 0 heterocycles. The number of fused-ring (bicyclic) bond motifs is 5. The second-order valence-electron chi connectivity index (χ2n) is 7.57. The van der Waals surface area contributed by atoms with Crippen LogP contribution < -0.4 is 0 Å². The molecule has 4 atom stereocenters. The molecule has 0 aromatic heterocycles. The summed E-state index contributed by atoms with van der Waals surface area (Å²) in [6.07, 6.45) is 7.61. The lowest BCUT2D eigenvalue weighted by molar-refractivity contribution is -0.129. The number of rotatable bonds is 0. The molecule has 2 fully saturated rings. The Morgan fingerprint density at radius 3 is 2.90 bits per heavy atom. The van der Waals surface area contributed by atoms with Gasteiger partial charge in [-0.15, -0.1) is 0 Å². The van der Waals surface area contributed by atoms with Gasteiger partial charge in [0.2, 0.25) is 0 Å². The van der Waals surface area contributed by atoms with Gasteiger partial charge < -0.3 is 5.11 Å². The minimum atomic E-state index is -0.0391. The molecule has 0 bridgehead atoms. The molecule has 4 rings (SSSR count). The minimum absolute atomic E-state index is 0.0391. The van der Waals surface area contributed by atoms with Gasteiger partial charge in [-0.3, -0.25) is 4.79 Å². The maximum atomic E-state index is 12.3. The molecule has 1 aromatic rings. The highest BCUT2D eigenvalue weighted by Crippen LogP contribution is 2.59. The van der Waals surface area contributed by atoms with E-state index in [-0.39, 0.29) is 5.41 Å². The summed E-state index contributed by atoms with van der Waals surface area (Å²) >= 11 is 0. The van der Waals surface area contributed by atoms with E-state index in [1.165, 1.54) is 24.0 Å². The lowest BCUT2D eigenvalue weighted by atomic mass is 9.58. The molecule has 0 saturated heterocycles. The molecule has 3 aliphatic carbocycles. The van der Waals surface area contributed by atoms with Crippen molar-refractivity contribution >= 4 is 5.78 Å². The lowest BCUT2D eigenvalue weighted by Crippen LogP contribution is -2.40. The van der Waals surface area contributed by atoms with Gasteiger partial charge in [0.1, 0.15) is 11.5 Å². The largest absolute Gasteiger partial charge is 0.508 e. The standard InChI is InChI=1S/C19H24O2/c1-19-10-9-15-14-6-5-13(20)11-12(14)3-2-4-16(15)17(19)7-8-18(19)21/h5-6,11,15-17,20H,2-4,7-10H2,1H3/t15?,16-,17?,19-/m0/s1. The first-order valence-electron chi connectivity index (χ1n) is 8.45. The Bertz CT molecular complexity index is 591. The van der Waals surface area contributed by atoms with Crippen LogP contribution in [0.1, 0.15) is 62.5 Å². The van der Waals surface area contributed by atoms with Gasteiger partial charge in [-0.05, 0) is 79.5 Å². The SMILES string of the molecule is C[C@]12CCC3c4ccc(O)cc4CCC[C@@H]3C1CCC2=O. The van der Waals surface area contributed by atoms with Crippen molar-refractivity contribution in [1.82, 2.24) is 0 Å². The lowest BCUT2D eigenvalue weighted by Gasteiger charge is -2.45. The number of benzene rings is 1. The van der Waals surface area contributed by atoms with Crippen molar-refractivity contribution in [3.05, 3.63) is 29.3 Å². The quantitative estimate of drug-likeness (QED) is 0.775. The average molecular weight is 284 g/mol. The number of phenolic OH excluding ortho intramolecular Hbond substituents is 1. The number of hydrogen-bond acceptors (Lipinski definition) is 2. The molecule has 2 nitrogen and oxygen atoms in total. The zero-order valence-corrected chi connectivity index (χ0v) is 12.8. The molecule has 2 heteroatoms. The van der Waals surface area contributed by atoms with Crippen LogP contribution in [-0.4, -0.2) is 10.9 Å². The summed E-state index contributed by atoms with van der Waals surface area (Å²) in [6, 6.07) is 5.95. The maximum Gasteiger partial charge on any atom is 0.139 e. The Morgan fingerprint density at radius 1 is 1.19 bits per heavy atom. The van der Waals surface area contributed by atoms with Crippen molar-refractivity contribution in [3.63, 3.8) is 0 Å². The first-order valence-corrected chi connectivity index (χ1v) is 8.45. The number of carbonyl (C=O) groups excluding carboxylic acids is 1. The third kappa shape index (κ3) is 1.88. The minimum Gasteiger partial charge on any atom is -0.508 e. The summed E-state index contributed by atoms with van der Waals surface area (Å²) < 4.78 is 0. The predicted molar refractivity (Wildman–Crippen MR) is 82.3 cm³/mol. The first-order chi connectivity index (χ1) is 10.1. The number of aromatic hydroxyl groups is 1. The van der Waals surface area contributed by atoms with E-state index in [0.717, 1.165) is 32.1 Å². The Balaban J connectivity index is 1.75. The van der Waals surface area contributed by atoms with E-state index >= 15 is 0 Å². The second-order valence-corrected chi connectivity index (χ2v) is 7.57. The van der Waals surface area contributed by atoms with Crippen LogP contribution in [0.5, 0.6) is 5.75 Å². The molecule has 2 unspecified atom stereocenters. The van der Waals surface area contributed by atoms with E-state index in [1.54, 1.807) is 0 Å². The molecule has 0 radical (unpaired) electrons. The molecule has 2 saturated carbocycles. The van der Waals surface area contributed by atoms with Crippen LogP contribution in [0.3, 0.4) is 0 Å². The molecule has 3 aliphatic rings. The van der Waals surface area contributed by atoms with Gasteiger partial charge in [0, 0.05) is 11.8 Å². The number of aryl methyl sites for hydroxylation is 1. The number of ketones is 1. The summed E-state index contributed by atoms with van der Waals surface area (Å²) in [5.74, 6) is 2.77. The Morgan fingerprint density at radius 2 is 2.05 bits per heavy atom. The first kappa shape index (κ1) is 13.4. The van der Waals surface area contributed by atoms with Crippen molar-refractivity contribution in [2.45, 2.75) is 57.8 Å². The van der Waals surface area contributed by atoms with Crippen molar-refractivity contribution in [1.29, 1.82) is 0 Å². The summed E-state index contributed by atoms with van der Waals surface area (Å²) in [5, 5.41) is 9.76. The zero-order chi connectivity index (χ0) is 14.6. The normalized spacial score (nSPS) is 38.3. The molecule has 21 heavy (non-hydrogen) atoms. The fourth-order valence-corrected chi connectivity index (χ4v) is 5.55. The summed E-state index contributed by atoms with van der Waals surface area (Å²) in [5.41, 5.74) is 2.76. The van der Waals surface area contributed by atoms with Crippen LogP contribution >= 0.6 is 0 Å². The molecule has 0 aliphatic heterocycles. The fraction of sp³-hybridized carbons (Fsp3) is 0.632. The summed E-state index contributed by atoms with van der Waals surface area (Å²) in [6.45, 7) is 2.23. The molecule has 0 amide bonds. The highest BCUT2D eigenvalue weighted by atomic mass is 16.3. The zero-order valence-electron chi connectivity index (χ0n) is 12.8. The van der Waals surface area contributed by atoms with Gasteiger partial charge in [0.05, 0.1) is 0 Å². The number of carbonyl (C=O) groups is 1. The third-order valence-corrected chi connectivity index (χ3v) is 6.66. The Hall–Kier alpha value is -1.31. The van der Waals surface area contributed by atoms with Crippen LogP contribution in [0.15, 0.2) is 18.2 Å². The van der Waals surface area contributed by atoms with Crippen LogP contribution in [0, 0.1) is 17.3 Å². The van der Waals surface area contributed by atoms with Gasteiger partial charge in [0.25, 0.3) is 0 Å². The third-order valence-electron chi connectivity index (χ3n) is 6.66.